The van der Waals surface area contributed by atoms with Gasteiger partial charge < -0.3 is 14.1 Å². The second kappa shape index (κ2) is 11.9. The molecular formula is C41H45IrN3+. The number of para-hydroxylation sites is 1. The quantitative estimate of drug-likeness (QED) is 0.130. The molecule has 8 rings (SSSR count). The number of aromatic nitrogens is 3. The van der Waals surface area contributed by atoms with E-state index in [1.807, 2.05) is 42.5 Å². The smallest absolute Gasteiger partial charge is 0.341 e. The number of pyridine rings is 1. The first-order valence-electron chi connectivity index (χ1n) is 16.6. The van der Waals surface area contributed by atoms with Crippen molar-refractivity contribution in [2.45, 2.75) is 109 Å². The first kappa shape index (κ1) is 31.9. The summed E-state index contributed by atoms with van der Waals surface area (Å²) in [6.45, 7) is 14.6. The molecule has 1 aliphatic heterocycles. The largest absolute Gasteiger partial charge is 3.00 e. The summed E-state index contributed by atoms with van der Waals surface area (Å²) < 4.78 is 4.85. The standard InChI is InChI=1S/C30H37N2.C11H8N.Ir/c1-28(2)17-18-29(3,4)25-21(28)15-16-23-26(25)30(5,6)22-13-10-14-24-27(22)32(23)19-31(24)20-11-8-7-9-12-20;1-2-6-10(7-3-1)11-8-4-5-9-12-11;/h10,13-15,20H,7-9,11-12,17-18H2,1-6H3;1-6,8-9H;/q2*-1;+3. The minimum absolute atomic E-state index is 0. The van der Waals surface area contributed by atoms with Crippen LogP contribution in [0, 0.1) is 18.5 Å². The van der Waals surface area contributed by atoms with Crippen molar-refractivity contribution >= 4 is 11.0 Å². The molecule has 0 N–H and O–H groups in total. The third-order valence-corrected chi connectivity index (χ3v) is 10.7. The Balaban J connectivity index is 0.000000231. The van der Waals surface area contributed by atoms with Crippen LogP contribution in [0.5, 0.6) is 0 Å². The summed E-state index contributed by atoms with van der Waals surface area (Å²) in [4.78, 5) is 4.22. The molecule has 0 amide bonds. The van der Waals surface area contributed by atoms with Crippen molar-refractivity contribution in [3.63, 3.8) is 0 Å². The van der Waals surface area contributed by atoms with Crippen molar-refractivity contribution < 1.29 is 24.7 Å². The van der Waals surface area contributed by atoms with E-state index in [1.165, 1.54) is 78.4 Å². The van der Waals surface area contributed by atoms with Gasteiger partial charge in [0.25, 0.3) is 0 Å². The third kappa shape index (κ3) is 5.42. The molecule has 0 unspecified atom stereocenters. The summed E-state index contributed by atoms with van der Waals surface area (Å²) in [6.07, 6.45) is 14.7. The van der Waals surface area contributed by atoms with Crippen LogP contribution in [0.3, 0.4) is 0 Å². The monoisotopic (exact) mass is 772 g/mol. The number of rotatable bonds is 2. The molecule has 3 aliphatic rings. The van der Waals surface area contributed by atoms with Crippen LogP contribution in [0.2, 0.25) is 0 Å². The molecule has 1 fully saturated rings. The fourth-order valence-electron chi connectivity index (χ4n) is 8.11. The van der Waals surface area contributed by atoms with Gasteiger partial charge in [-0.2, -0.15) is 12.1 Å². The number of imidazole rings is 1. The summed E-state index contributed by atoms with van der Waals surface area (Å²) >= 11 is 0. The predicted octanol–water partition coefficient (Wildman–Crippen LogP) is 9.56. The van der Waals surface area contributed by atoms with Gasteiger partial charge in [-0.3, -0.25) is 0 Å². The van der Waals surface area contributed by atoms with Gasteiger partial charge in [-0.1, -0.05) is 101 Å². The summed E-state index contributed by atoms with van der Waals surface area (Å²) in [5.41, 5.74) is 12.2. The van der Waals surface area contributed by atoms with Crippen molar-refractivity contribution in [1.82, 2.24) is 9.55 Å². The molecule has 3 nitrogen and oxygen atoms in total. The van der Waals surface area contributed by atoms with E-state index in [4.69, 9.17) is 0 Å². The molecule has 45 heavy (non-hydrogen) atoms. The van der Waals surface area contributed by atoms with Crippen LogP contribution >= 0.6 is 0 Å². The minimum Gasteiger partial charge on any atom is -0.341 e. The Morgan fingerprint density at radius 3 is 2.24 bits per heavy atom. The van der Waals surface area contributed by atoms with E-state index in [-0.39, 0.29) is 36.4 Å². The van der Waals surface area contributed by atoms with Gasteiger partial charge in [0.1, 0.15) is 0 Å². The number of fused-ring (bicyclic) bond motifs is 4. The number of benzene rings is 3. The summed E-state index contributed by atoms with van der Waals surface area (Å²) in [6, 6.07) is 30.5. The molecule has 0 atom stereocenters. The van der Waals surface area contributed by atoms with Crippen molar-refractivity contribution in [2.24, 2.45) is 0 Å². The Morgan fingerprint density at radius 1 is 0.778 bits per heavy atom. The van der Waals surface area contributed by atoms with E-state index in [1.54, 1.807) is 11.8 Å². The Hall–Kier alpha value is -3.07. The molecule has 3 aromatic carbocycles. The normalized spacial score (nSPS) is 19.0. The molecule has 0 saturated heterocycles. The van der Waals surface area contributed by atoms with E-state index in [0.717, 1.165) is 11.3 Å². The molecule has 2 aromatic heterocycles. The van der Waals surface area contributed by atoms with Gasteiger partial charge in [-0.25, -0.2) is 0 Å². The van der Waals surface area contributed by atoms with Gasteiger partial charge in [0.15, 0.2) is 0 Å². The molecule has 4 heteroatoms. The SMILES string of the molecule is CC1(C)CCC(C)(C)c2c1c[c-]c1c2C(C)(C)c2cccc3c2[n+]-1[c-]n3C1CCCCC1.[Ir+3].[c-]1ccccc1-c1ccccn1. The molecule has 3 heterocycles. The second-order valence-electron chi connectivity index (χ2n) is 15.0. The van der Waals surface area contributed by atoms with E-state index in [9.17, 15) is 0 Å². The fourth-order valence-corrected chi connectivity index (χ4v) is 8.11. The first-order valence-corrected chi connectivity index (χ1v) is 16.6. The number of nitrogens with zero attached hydrogens (tertiary/aromatic N) is 3. The van der Waals surface area contributed by atoms with E-state index in [0.29, 0.717) is 6.04 Å². The van der Waals surface area contributed by atoms with E-state index < -0.39 is 0 Å². The second-order valence-corrected chi connectivity index (χ2v) is 15.0. The summed E-state index contributed by atoms with van der Waals surface area (Å²) in [5, 5.41) is 0. The van der Waals surface area contributed by atoms with E-state index >= 15 is 0 Å². The van der Waals surface area contributed by atoms with Crippen molar-refractivity contribution in [3.05, 3.63) is 114 Å². The van der Waals surface area contributed by atoms with Crippen LogP contribution in [-0.4, -0.2) is 9.55 Å². The maximum absolute atomic E-state index is 4.22. The fraction of sp³-hybridized carbons (Fsp3) is 0.415. The van der Waals surface area contributed by atoms with Gasteiger partial charge in [0.2, 0.25) is 6.33 Å². The molecule has 2 aliphatic carbocycles. The zero-order valence-corrected chi connectivity index (χ0v) is 30.0. The Kier molecular flexibility index (Phi) is 8.46. The number of hydrogen-bond donors (Lipinski definition) is 0. The van der Waals surface area contributed by atoms with Gasteiger partial charge in [-0.15, -0.1) is 52.6 Å². The van der Waals surface area contributed by atoms with Crippen LogP contribution < -0.4 is 4.57 Å². The minimum atomic E-state index is -0.0615. The molecule has 232 valence electrons. The molecule has 5 aromatic rings. The number of hydrogen-bond acceptors (Lipinski definition) is 1. The van der Waals surface area contributed by atoms with Crippen LogP contribution in [0.4, 0.5) is 0 Å². The van der Waals surface area contributed by atoms with Crippen molar-refractivity contribution in [2.75, 3.05) is 0 Å². The third-order valence-electron chi connectivity index (χ3n) is 10.7. The van der Waals surface area contributed by atoms with Crippen LogP contribution in [0.25, 0.3) is 28.0 Å². The predicted molar refractivity (Wildman–Crippen MR) is 179 cm³/mol. The zero-order valence-electron chi connectivity index (χ0n) is 27.6. The van der Waals surface area contributed by atoms with Gasteiger partial charge in [0.05, 0.1) is 17.1 Å². The zero-order chi connectivity index (χ0) is 30.7. The molecule has 0 radical (unpaired) electrons. The molecular weight excluding hydrogens is 727 g/mol. The average molecular weight is 772 g/mol. The van der Waals surface area contributed by atoms with Gasteiger partial charge in [0, 0.05) is 6.20 Å². The first-order chi connectivity index (χ1) is 21.1. The topological polar surface area (TPSA) is 21.7 Å². The van der Waals surface area contributed by atoms with Crippen molar-refractivity contribution in [1.29, 1.82) is 0 Å². The summed E-state index contributed by atoms with van der Waals surface area (Å²) in [5.74, 6) is 0. The Morgan fingerprint density at radius 2 is 1.53 bits per heavy atom. The van der Waals surface area contributed by atoms with Crippen LogP contribution in [0.15, 0.2) is 72.9 Å². The molecule has 0 spiro atoms. The average Bonchev–Trinajstić information content (AvgIpc) is 3.44. The molecule has 1 saturated carbocycles. The summed E-state index contributed by atoms with van der Waals surface area (Å²) in [7, 11) is 0. The van der Waals surface area contributed by atoms with Gasteiger partial charge >= 0.3 is 20.1 Å². The maximum atomic E-state index is 4.22. The maximum Gasteiger partial charge on any atom is 3.00 e. The Bertz CT molecular complexity index is 1770. The molecule has 0 bridgehead atoms. The Labute approximate surface area is 283 Å². The van der Waals surface area contributed by atoms with Crippen molar-refractivity contribution in [3.8, 4) is 16.9 Å². The van der Waals surface area contributed by atoms with E-state index in [2.05, 4.69) is 98.4 Å². The van der Waals surface area contributed by atoms with Gasteiger partial charge in [-0.05, 0) is 54.7 Å². The van der Waals surface area contributed by atoms with Crippen LogP contribution in [0.1, 0.15) is 115 Å². The van der Waals surface area contributed by atoms with Crippen LogP contribution in [-0.2, 0) is 36.4 Å².